The Balaban J connectivity index is 2.04. The maximum absolute atomic E-state index is 13.2. The summed E-state index contributed by atoms with van der Waals surface area (Å²) in [5, 5.41) is 4.74. The maximum Gasteiger partial charge on any atom is 0.244 e. The number of hydrogen-bond donors (Lipinski definition) is 1. The molecule has 1 unspecified atom stereocenters. The molecule has 1 fully saturated rings. The summed E-state index contributed by atoms with van der Waals surface area (Å²) in [4.78, 5) is 4.39. The number of pyridine rings is 1. The minimum Gasteiger partial charge on any atom is -0.379 e. The second kappa shape index (κ2) is 6.92. The largest absolute Gasteiger partial charge is 0.379 e. The zero-order valence-corrected chi connectivity index (χ0v) is 13.9. The van der Waals surface area contributed by atoms with Crippen molar-refractivity contribution in [3.05, 3.63) is 36.7 Å². The van der Waals surface area contributed by atoms with E-state index in [4.69, 9.17) is 4.74 Å². The minimum atomic E-state index is -3.61. The molecule has 1 saturated heterocycles. The molecule has 0 aliphatic carbocycles. The van der Waals surface area contributed by atoms with Crippen molar-refractivity contribution < 1.29 is 13.2 Å². The van der Waals surface area contributed by atoms with Gasteiger partial charge in [-0.1, -0.05) is 12.1 Å². The van der Waals surface area contributed by atoms with Gasteiger partial charge in [0.1, 0.15) is 0 Å². The van der Waals surface area contributed by atoms with Crippen LogP contribution < -0.4 is 5.32 Å². The van der Waals surface area contributed by atoms with Crippen molar-refractivity contribution in [1.29, 1.82) is 0 Å². The van der Waals surface area contributed by atoms with Crippen LogP contribution >= 0.6 is 0 Å². The van der Waals surface area contributed by atoms with Gasteiger partial charge in [-0.2, -0.15) is 4.31 Å². The summed E-state index contributed by atoms with van der Waals surface area (Å²) in [6.07, 6.45) is 3.30. The fourth-order valence-corrected chi connectivity index (χ4v) is 4.67. The highest BCUT2D eigenvalue weighted by atomic mass is 32.2. The third-order valence-electron chi connectivity index (χ3n) is 4.04. The van der Waals surface area contributed by atoms with Crippen molar-refractivity contribution in [3.63, 3.8) is 0 Å². The van der Waals surface area contributed by atoms with Crippen LogP contribution in [-0.2, 0) is 14.8 Å². The van der Waals surface area contributed by atoms with E-state index in [-0.39, 0.29) is 6.04 Å². The first-order chi connectivity index (χ1) is 11.1. The Morgan fingerprint density at radius 1 is 1.30 bits per heavy atom. The summed E-state index contributed by atoms with van der Waals surface area (Å²) in [5.74, 6) is 0. The molecule has 1 N–H and O–H groups in total. The second-order valence-corrected chi connectivity index (χ2v) is 7.49. The van der Waals surface area contributed by atoms with E-state index in [1.165, 1.54) is 4.31 Å². The number of rotatable bonds is 2. The van der Waals surface area contributed by atoms with Gasteiger partial charge in [0.15, 0.2) is 0 Å². The Bertz CT molecular complexity index is 774. The first kappa shape index (κ1) is 16.3. The van der Waals surface area contributed by atoms with Gasteiger partial charge in [0.2, 0.25) is 10.0 Å². The Morgan fingerprint density at radius 3 is 3.04 bits per heavy atom. The number of nitrogens with one attached hydrogen (secondary N) is 1. The second-order valence-electron chi connectivity index (χ2n) is 5.63. The van der Waals surface area contributed by atoms with Crippen LogP contribution in [0.4, 0.5) is 0 Å². The molecule has 2 heterocycles. The van der Waals surface area contributed by atoms with Crippen LogP contribution in [0.1, 0.15) is 6.92 Å². The molecule has 0 bridgehead atoms. The summed E-state index contributed by atoms with van der Waals surface area (Å²) >= 11 is 0. The molecule has 1 aromatic heterocycles. The van der Waals surface area contributed by atoms with E-state index in [1.807, 2.05) is 13.0 Å². The van der Waals surface area contributed by atoms with Gasteiger partial charge in [-0.3, -0.25) is 4.98 Å². The van der Waals surface area contributed by atoms with Gasteiger partial charge < -0.3 is 10.1 Å². The molecule has 3 rings (SSSR count). The minimum absolute atomic E-state index is 0.140. The zero-order chi connectivity index (χ0) is 16.3. The van der Waals surface area contributed by atoms with Crippen LogP contribution in [0.3, 0.4) is 0 Å². The van der Waals surface area contributed by atoms with Crippen molar-refractivity contribution in [2.75, 3.05) is 32.8 Å². The lowest BCUT2D eigenvalue weighted by Gasteiger charge is -2.28. The van der Waals surface area contributed by atoms with Gasteiger partial charge in [-0.05, 0) is 19.1 Å². The molecule has 1 aromatic carbocycles. The number of nitrogens with zero attached hydrogens (tertiary/aromatic N) is 2. The number of sulfonamides is 1. The van der Waals surface area contributed by atoms with Gasteiger partial charge in [0.05, 0.1) is 18.1 Å². The molecular weight excluding hydrogens is 314 g/mol. The number of aromatic nitrogens is 1. The highest BCUT2D eigenvalue weighted by molar-refractivity contribution is 7.89. The first-order valence-corrected chi connectivity index (χ1v) is 9.18. The fourth-order valence-electron chi connectivity index (χ4n) is 2.84. The zero-order valence-electron chi connectivity index (χ0n) is 13.1. The quantitative estimate of drug-likeness (QED) is 0.894. The van der Waals surface area contributed by atoms with Crippen LogP contribution in [0.15, 0.2) is 41.6 Å². The summed E-state index contributed by atoms with van der Waals surface area (Å²) < 4.78 is 33.4. The summed E-state index contributed by atoms with van der Waals surface area (Å²) in [5.41, 5.74) is 0. The Morgan fingerprint density at radius 2 is 2.17 bits per heavy atom. The predicted molar refractivity (Wildman–Crippen MR) is 88.8 cm³/mol. The molecule has 0 radical (unpaired) electrons. The lowest BCUT2D eigenvalue weighted by atomic mass is 10.2. The van der Waals surface area contributed by atoms with E-state index in [9.17, 15) is 8.42 Å². The third kappa shape index (κ3) is 3.37. The summed E-state index contributed by atoms with van der Waals surface area (Å²) in [6, 6.07) is 6.89. The molecule has 6 nitrogen and oxygen atoms in total. The highest BCUT2D eigenvalue weighted by Gasteiger charge is 2.30. The standard InChI is InChI=1S/C16H21N3O3S/c1-13-11-18-7-9-22-10-8-19(13)23(20,21)16-4-2-3-14-12-17-6-5-15(14)16/h2-6,12-13,18H,7-11H2,1H3. The molecular formula is C16H21N3O3S. The average Bonchev–Trinajstić information content (AvgIpc) is 2.66. The summed E-state index contributed by atoms with van der Waals surface area (Å²) in [6.45, 7) is 4.61. The van der Waals surface area contributed by atoms with Crippen LogP contribution in [0, 0.1) is 0 Å². The monoisotopic (exact) mass is 335 g/mol. The molecule has 124 valence electrons. The van der Waals surface area contributed by atoms with Gasteiger partial charge >= 0.3 is 0 Å². The number of benzene rings is 1. The average molecular weight is 335 g/mol. The topological polar surface area (TPSA) is 71.5 Å². The SMILES string of the molecule is CC1CNCCOCCN1S(=O)(=O)c1cccc2cnccc12. The summed E-state index contributed by atoms with van der Waals surface area (Å²) in [7, 11) is -3.61. The molecule has 7 heteroatoms. The first-order valence-electron chi connectivity index (χ1n) is 7.74. The molecule has 23 heavy (non-hydrogen) atoms. The molecule has 1 atom stereocenters. The number of hydrogen-bond acceptors (Lipinski definition) is 5. The normalized spacial score (nSPS) is 21.5. The molecule has 1 aliphatic heterocycles. The number of fused-ring (bicyclic) bond motifs is 1. The van der Waals surface area contributed by atoms with E-state index in [2.05, 4.69) is 10.3 Å². The lowest BCUT2D eigenvalue weighted by molar-refractivity contribution is 0.129. The highest BCUT2D eigenvalue weighted by Crippen LogP contribution is 2.26. The molecule has 0 spiro atoms. The van der Waals surface area contributed by atoms with E-state index in [0.717, 1.165) is 11.9 Å². The van der Waals surface area contributed by atoms with Gasteiger partial charge in [-0.15, -0.1) is 0 Å². The van der Waals surface area contributed by atoms with Crippen molar-refractivity contribution in [3.8, 4) is 0 Å². The van der Waals surface area contributed by atoms with Crippen LogP contribution in [-0.4, -0.2) is 56.6 Å². The van der Waals surface area contributed by atoms with Crippen LogP contribution in [0.2, 0.25) is 0 Å². The van der Waals surface area contributed by atoms with Crippen molar-refractivity contribution in [1.82, 2.24) is 14.6 Å². The fraction of sp³-hybridized carbons (Fsp3) is 0.438. The van der Waals surface area contributed by atoms with E-state index in [1.54, 1.807) is 30.6 Å². The van der Waals surface area contributed by atoms with Gasteiger partial charge in [0, 0.05) is 48.8 Å². The molecule has 0 amide bonds. The van der Waals surface area contributed by atoms with Crippen molar-refractivity contribution >= 4 is 20.8 Å². The lowest BCUT2D eigenvalue weighted by Crippen LogP contribution is -2.44. The third-order valence-corrected chi connectivity index (χ3v) is 6.11. The molecule has 0 saturated carbocycles. The van der Waals surface area contributed by atoms with E-state index < -0.39 is 10.0 Å². The molecule has 1 aliphatic rings. The van der Waals surface area contributed by atoms with Gasteiger partial charge in [0.25, 0.3) is 0 Å². The van der Waals surface area contributed by atoms with E-state index >= 15 is 0 Å². The Labute approximate surface area is 136 Å². The van der Waals surface area contributed by atoms with Crippen molar-refractivity contribution in [2.45, 2.75) is 17.9 Å². The Hall–Kier alpha value is -1.54. The Kier molecular flexibility index (Phi) is 4.91. The molecule has 2 aromatic rings. The predicted octanol–water partition coefficient (Wildman–Crippen LogP) is 1.23. The van der Waals surface area contributed by atoms with Crippen LogP contribution in [0.5, 0.6) is 0 Å². The maximum atomic E-state index is 13.2. The van der Waals surface area contributed by atoms with Crippen LogP contribution in [0.25, 0.3) is 10.8 Å². The van der Waals surface area contributed by atoms with Crippen molar-refractivity contribution in [2.24, 2.45) is 0 Å². The smallest absolute Gasteiger partial charge is 0.244 e. The number of ether oxygens (including phenoxy) is 1. The van der Waals surface area contributed by atoms with Gasteiger partial charge in [-0.25, -0.2) is 8.42 Å². The van der Waals surface area contributed by atoms with E-state index in [0.29, 0.717) is 36.6 Å².